The molecule has 0 radical (unpaired) electrons. The van der Waals surface area contributed by atoms with Crippen molar-refractivity contribution in [2.45, 2.75) is 52.7 Å². The van der Waals surface area contributed by atoms with Gasteiger partial charge in [-0.1, -0.05) is 35.9 Å². The van der Waals surface area contributed by atoms with Crippen LogP contribution in [0.1, 0.15) is 43.2 Å². The first-order valence-corrected chi connectivity index (χ1v) is 9.49. The highest BCUT2D eigenvalue weighted by Gasteiger charge is 2.44. The van der Waals surface area contributed by atoms with Gasteiger partial charge in [0.25, 0.3) is 0 Å². The minimum absolute atomic E-state index is 0.260. The Bertz CT molecular complexity index is 1170. The van der Waals surface area contributed by atoms with Crippen LogP contribution < -0.4 is 0 Å². The fourth-order valence-electron chi connectivity index (χ4n) is 3.26. The van der Waals surface area contributed by atoms with E-state index < -0.39 is 23.1 Å². The summed E-state index contributed by atoms with van der Waals surface area (Å²) in [5.74, 6) is -5.39. The van der Waals surface area contributed by atoms with Crippen molar-refractivity contribution < 1.29 is 18.3 Å². The van der Waals surface area contributed by atoms with Crippen molar-refractivity contribution in [3.63, 3.8) is 0 Å². The molecule has 0 bridgehead atoms. The van der Waals surface area contributed by atoms with Gasteiger partial charge in [-0.05, 0) is 46.2 Å². The Morgan fingerprint density at radius 3 is 2.53 bits per heavy atom. The molecule has 7 heteroatoms. The van der Waals surface area contributed by atoms with Crippen LogP contribution in [0.25, 0.3) is 15.7 Å². The Morgan fingerprint density at radius 1 is 1.20 bits per heavy atom. The number of esters is 1. The maximum atomic E-state index is 14.8. The molecule has 0 aliphatic heterocycles. The van der Waals surface area contributed by atoms with E-state index in [1.807, 2.05) is 13.0 Å². The zero-order chi connectivity index (χ0) is 22.3. The number of aromatic nitrogens is 2. The average molecular weight is 411 g/mol. The summed E-state index contributed by atoms with van der Waals surface area (Å²) in [4.78, 5) is 15.7. The highest BCUT2D eigenvalue weighted by atomic mass is 19.3. The minimum atomic E-state index is -3.80. The summed E-state index contributed by atoms with van der Waals surface area (Å²) in [7, 11) is 0. The molecule has 2 aromatic carbocycles. The third-order valence-electron chi connectivity index (χ3n) is 4.77. The molecule has 5 nitrogen and oxygen atoms in total. The first kappa shape index (κ1) is 21.4. The number of rotatable bonds is 4. The van der Waals surface area contributed by atoms with Gasteiger partial charge in [0.2, 0.25) is 0 Å². The molecule has 1 heterocycles. The number of carbonyl (C=O) groups is 1. The first-order chi connectivity index (χ1) is 13.9. The number of hydrogen-bond donors (Lipinski definition) is 0. The third-order valence-corrected chi connectivity index (χ3v) is 4.77. The van der Waals surface area contributed by atoms with E-state index in [1.165, 1.54) is 18.2 Å². The Balaban J connectivity index is 2.08. The lowest BCUT2D eigenvalue weighted by molar-refractivity contribution is -0.185. The Kier molecular flexibility index (Phi) is 5.38. The lowest BCUT2D eigenvalue weighted by atomic mass is 10.0. The van der Waals surface area contributed by atoms with Gasteiger partial charge in [-0.25, -0.2) is 9.64 Å². The maximum absolute atomic E-state index is 14.8. The zero-order valence-electron chi connectivity index (χ0n) is 17.6. The van der Waals surface area contributed by atoms with Gasteiger partial charge >= 0.3 is 11.9 Å². The van der Waals surface area contributed by atoms with Gasteiger partial charge in [-0.15, -0.1) is 0 Å². The van der Waals surface area contributed by atoms with Gasteiger partial charge in [0.15, 0.2) is 5.69 Å². The molecule has 156 valence electrons. The third kappa shape index (κ3) is 4.04. The predicted octanol–water partition coefficient (Wildman–Crippen LogP) is 5.69. The number of aryl methyl sites for hydroxylation is 2. The summed E-state index contributed by atoms with van der Waals surface area (Å²) in [6.07, 6.45) is 0. The largest absolute Gasteiger partial charge is 0.455 e. The lowest BCUT2D eigenvalue weighted by Gasteiger charge is -2.23. The smallest absolute Gasteiger partial charge is 0.382 e. The van der Waals surface area contributed by atoms with Crippen molar-refractivity contribution in [2.75, 3.05) is 0 Å². The van der Waals surface area contributed by atoms with E-state index in [-0.39, 0.29) is 6.54 Å². The van der Waals surface area contributed by atoms with Crippen LogP contribution in [-0.2, 0) is 22.0 Å². The second kappa shape index (κ2) is 7.52. The van der Waals surface area contributed by atoms with E-state index in [2.05, 4.69) is 9.94 Å². The summed E-state index contributed by atoms with van der Waals surface area (Å²) < 4.78 is 36.1. The van der Waals surface area contributed by atoms with Crippen molar-refractivity contribution in [1.29, 1.82) is 0 Å². The predicted molar refractivity (Wildman–Crippen MR) is 111 cm³/mol. The van der Waals surface area contributed by atoms with E-state index in [0.29, 0.717) is 22.3 Å². The summed E-state index contributed by atoms with van der Waals surface area (Å²) in [6, 6.07) is 9.45. The summed E-state index contributed by atoms with van der Waals surface area (Å²) in [5, 5.41) is 5.19. The number of hydrogen-bond acceptors (Lipinski definition) is 3. The van der Waals surface area contributed by atoms with Crippen LogP contribution in [0, 0.1) is 20.4 Å². The second-order valence-electron chi connectivity index (χ2n) is 8.24. The van der Waals surface area contributed by atoms with E-state index in [4.69, 9.17) is 11.3 Å². The lowest BCUT2D eigenvalue weighted by Crippen LogP contribution is -2.34. The van der Waals surface area contributed by atoms with E-state index in [0.717, 1.165) is 11.1 Å². The Hall–Kier alpha value is -3.27. The quantitative estimate of drug-likeness (QED) is 0.410. The second-order valence-corrected chi connectivity index (χ2v) is 8.24. The molecule has 0 aliphatic carbocycles. The standard InChI is InChI=1S/C23H23F2N3O2/c1-14-8-7-9-19(26-6)18(14)13-28-20-12-16(10-11-17(20)15(2)27-28)23(24,25)21(29)30-22(3,4)5/h7-12H,13H2,1-5H3. The Morgan fingerprint density at radius 2 is 1.90 bits per heavy atom. The maximum Gasteiger partial charge on any atom is 0.382 e. The van der Waals surface area contributed by atoms with Gasteiger partial charge in [-0.2, -0.15) is 13.9 Å². The van der Waals surface area contributed by atoms with Crippen LogP contribution in [-0.4, -0.2) is 21.4 Å². The molecule has 0 saturated carbocycles. The molecule has 0 aliphatic rings. The zero-order valence-corrected chi connectivity index (χ0v) is 17.6. The topological polar surface area (TPSA) is 48.5 Å². The number of benzene rings is 2. The number of ether oxygens (including phenoxy) is 1. The number of fused-ring (bicyclic) bond motifs is 1. The van der Waals surface area contributed by atoms with Crippen LogP contribution in [0.5, 0.6) is 0 Å². The summed E-state index contributed by atoms with van der Waals surface area (Å²) in [6.45, 7) is 16.0. The Labute approximate surface area is 174 Å². The molecule has 3 rings (SSSR count). The normalized spacial score (nSPS) is 12.1. The van der Waals surface area contributed by atoms with Gasteiger partial charge in [0.05, 0.1) is 24.3 Å². The van der Waals surface area contributed by atoms with E-state index >= 15 is 0 Å². The summed E-state index contributed by atoms with van der Waals surface area (Å²) in [5.41, 5.74) is 1.85. The fraction of sp³-hybridized carbons (Fsp3) is 0.348. The molecule has 0 saturated heterocycles. The molecule has 0 spiro atoms. The number of halogens is 2. The van der Waals surface area contributed by atoms with Crippen molar-refractivity contribution >= 4 is 22.6 Å². The molecule has 0 fully saturated rings. The van der Waals surface area contributed by atoms with Crippen LogP contribution in [0.3, 0.4) is 0 Å². The molecule has 0 N–H and O–H groups in total. The van der Waals surface area contributed by atoms with Crippen LogP contribution in [0.15, 0.2) is 36.4 Å². The minimum Gasteiger partial charge on any atom is -0.455 e. The highest BCUT2D eigenvalue weighted by molar-refractivity contribution is 5.86. The molecular formula is C23H23F2N3O2. The molecule has 30 heavy (non-hydrogen) atoms. The van der Waals surface area contributed by atoms with Crippen molar-refractivity contribution in [1.82, 2.24) is 9.78 Å². The van der Waals surface area contributed by atoms with Crippen LogP contribution >= 0.6 is 0 Å². The van der Waals surface area contributed by atoms with Gasteiger partial charge in [0.1, 0.15) is 5.60 Å². The molecule has 0 atom stereocenters. The number of alkyl halides is 2. The van der Waals surface area contributed by atoms with Crippen molar-refractivity contribution in [3.05, 3.63) is 70.2 Å². The van der Waals surface area contributed by atoms with Crippen LogP contribution in [0.4, 0.5) is 14.5 Å². The highest BCUT2D eigenvalue weighted by Crippen LogP contribution is 2.34. The van der Waals surface area contributed by atoms with Crippen LogP contribution in [0.2, 0.25) is 0 Å². The van der Waals surface area contributed by atoms with Gasteiger partial charge in [0, 0.05) is 10.9 Å². The number of carbonyl (C=O) groups excluding carboxylic acids is 1. The molecular weight excluding hydrogens is 388 g/mol. The summed E-state index contributed by atoms with van der Waals surface area (Å²) >= 11 is 0. The molecule has 3 aromatic rings. The molecule has 0 unspecified atom stereocenters. The number of nitrogens with zero attached hydrogens (tertiary/aromatic N) is 3. The SMILES string of the molecule is [C-]#[N+]c1cccc(C)c1Cn1nc(C)c2ccc(C(F)(F)C(=O)OC(C)(C)C)cc21. The molecule has 1 aromatic heterocycles. The van der Waals surface area contributed by atoms with Gasteiger partial charge < -0.3 is 4.74 Å². The van der Waals surface area contributed by atoms with E-state index in [1.54, 1.807) is 44.5 Å². The first-order valence-electron chi connectivity index (χ1n) is 9.49. The average Bonchev–Trinajstić information content (AvgIpc) is 2.97. The van der Waals surface area contributed by atoms with Crippen molar-refractivity contribution in [3.8, 4) is 0 Å². The van der Waals surface area contributed by atoms with Crippen molar-refractivity contribution in [2.24, 2.45) is 0 Å². The monoisotopic (exact) mass is 411 g/mol. The molecule has 0 amide bonds. The van der Waals surface area contributed by atoms with E-state index in [9.17, 15) is 13.6 Å². The van der Waals surface area contributed by atoms with Gasteiger partial charge in [-0.3, -0.25) is 4.68 Å². The fourth-order valence-corrected chi connectivity index (χ4v) is 3.26.